The normalized spacial score (nSPS) is 15.1. The number of carbonyl (C=O) groups excluding carboxylic acids is 2. The van der Waals surface area contributed by atoms with Gasteiger partial charge in [0.2, 0.25) is 0 Å². The van der Waals surface area contributed by atoms with Gasteiger partial charge in [0, 0.05) is 40.2 Å². The van der Waals surface area contributed by atoms with Crippen molar-refractivity contribution in [2.24, 2.45) is 0 Å². The van der Waals surface area contributed by atoms with E-state index in [1.165, 1.54) is 35.9 Å². The largest absolute Gasteiger partial charge is 0.497 e. The van der Waals surface area contributed by atoms with Gasteiger partial charge in [-0.05, 0) is 80.6 Å². The zero-order chi connectivity index (χ0) is 32.7. The van der Waals surface area contributed by atoms with Crippen LogP contribution in [0, 0.1) is 0 Å². The number of aliphatic hydroxyl groups is 1. The molecule has 0 atom stereocenters. The molecular weight excluding hydrogens is 594 g/mol. The van der Waals surface area contributed by atoms with Crippen molar-refractivity contribution in [1.82, 2.24) is 25.2 Å². The molecule has 1 aliphatic heterocycles. The van der Waals surface area contributed by atoms with Crippen LogP contribution in [-0.4, -0.2) is 58.3 Å². The molecule has 2 aromatic heterocycles. The number of H-pyrrole nitrogens is 1. The van der Waals surface area contributed by atoms with Gasteiger partial charge in [0.05, 0.1) is 42.5 Å². The monoisotopic (exact) mass is 635 g/mol. The van der Waals surface area contributed by atoms with Crippen LogP contribution in [0.1, 0.15) is 84.0 Å². The van der Waals surface area contributed by atoms with Gasteiger partial charge in [0.25, 0.3) is 11.8 Å². The number of aromatic nitrogens is 3. The van der Waals surface area contributed by atoms with Gasteiger partial charge in [-0.25, -0.2) is 4.98 Å². The Bertz CT molecular complexity index is 1980. The molecule has 244 valence electrons. The molecule has 2 amide bonds. The summed E-state index contributed by atoms with van der Waals surface area (Å²) < 4.78 is 14.1. The minimum atomic E-state index is -0.834. The van der Waals surface area contributed by atoms with E-state index in [4.69, 9.17) is 19.6 Å². The number of hydrogen-bond donors (Lipinski definition) is 4. The number of imidazole rings is 1. The third kappa shape index (κ3) is 5.71. The first-order valence-electron chi connectivity index (χ1n) is 16.5. The SMILES string of the molecule is COc1ccc2c(c1)OCCn1c-2c(C2CCCCC2)c2ccc(C(=O)NC(C)(C)c3nc4ccc(C(=O)NCCO)cc4[nH]3)cc21. The fraction of sp³-hybridized carbons (Fsp3) is 0.378. The number of nitrogens with one attached hydrogen (secondary N) is 3. The average molecular weight is 636 g/mol. The number of ether oxygens (including phenoxy) is 2. The highest BCUT2D eigenvalue weighted by Crippen LogP contribution is 2.47. The van der Waals surface area contributed by atoms with Crippen LogP contribution >= 0.6 is 0 Å². The molecule has 2 aliphatic rings. The van der Waals surface area contributed by atoms with Crippen LogP contribution in [0.4, 0.5) is 0 Å². The highest BCUT2D eigenvalue weighted by Gasteiger charge is 2.31. The summed E-state index contributed by atoms with van der Waals surface area (Å²) in [6.45, 7) is 5.05. The fourth-order valence-electron chi connectivity index (χ4n) is 7.17. The van der Waals surface area contributed by atoms with Crippen molar-refractivity contribution in [1.29, 1.82) is 0 Å². The number of rotatable bonds is 8. The van der Waals surface area contributed by atoms with E-state index >= 15 is 0 Å². The first-order valence-corrected chi connectivity index (χ1v) is 16.5. The quantitative estimate of drug-likeness (QED) is 0.165. The number of fused-ring (bicyclic) bond motifs is 6. The minimum Gasteiger partial charge on any atom is -0.497 e. The molecule has 0 radical (unpaired) electrons. The summed E-state index contributed by atoms with van der Waals surface area (Å²) >= 11 is 0. The van der Waals surface area contributed by atoms with Crippen LogP contribution < -0.4 is 20.1 Å². The summed E-state index contributed by atoms with van der Waals surface area (Å²) in [5.74, 6) is 2.14. The van der Waals surface area contributed by atoms with E-state index in [1.807, 2.05) is 38.1 Å². The topological polar surface area (TPSA) is 130 Å². The predicted octanol–water partition coefficient (Wildman–Crippen LogP) is 6.02. The fourth-order valence-corrected chi connectivity index (χ4v) is 7.17. The molecular formula is C37H41N5O5. The van der Waals surface area contributed by atoms with Crippen molar-refractivity contribution in [3.63, 3.8) is 0 Å². The Morgan fingerprint density at radius 1 is 1.04 bits per heavy atom. The Balaban J connectivity index is 1.23. The van der Waals surface area contributed by atoms with Crippen molar-refractivity contribution in [2.75, 3.05) is 26.9 Å². The summed E-state index contributed by atoms with van der Waals surface area (Å²) in [6, 6.07) is 17.3. The van der Waals surface area contributed by atoms with Crippen LogP contribution in [0.25, 0.3) is 33.2 Å². The van der Waals surface area contributed by atoms with Gasteiger partial charge in [0.1, 0.15) is 23.9 Å². The number of benzene rings is 3. The smallest absolute Gasteiger partial charge is 0.252 e. The molecule has 1 aliphatic carbocycles. The molecule has 3 aromatic carbocycles. The molecule has 47 heavy (non-hydrogen) atoms. The molecule has 1 saturated carbocycles. The lowest BCUT2D eigenvalue weighted by Gasteiger charge is -2.24. The Labute approximate surface area is 273 Å². The van der Waals surface area contributed by atoms with E-state index in [2.05, 4.69) is 32.3 Å². The number of aromatic amines is 1. The van der Waals surface area contributed by atoms with Gasteiger partial charge in [-0.2, -0.15) is 0 Å². The number of carbonyl (C=O) groups is 2. The Morgan fingerprint density at radius 2 is 1.83 bits per heavy atom. The maximum Gasteiger partial charge on any atom is 0.252 e. The molecule has 4 N–H and O–H groups in total. The van der Waals surface area contributed by atoms with E-state index in [0.29, 0.717) is 47.1 Å². The Kier molecular flexibility index (Phi) is 8.13. The van der Waals surface area contributed by atoms with E-state index in [9.17, 15) is 9.59 Å². The van der Waals surface area contributed by atoms with Crippen LogP contribution in [0.3, 0.4) is 0 Å². The first-order chi connectivity index (χ1) is 22.8. The van der Waals surface area contributed by atoms with Crippen molar-refractivity contribution < 1.29 is 24.2 Å². The zero-order valence-corrected chi connectivity index (χ0v) is 27.1. The van der Waals surface area contributed by atoms with Crippen LogP contribution in [-0.2, 0) is 12.1 Å². The maximum absolute atomic E-state index is 13.9. The second-order valence-electron chi connectivity index (χ2n) is 13.1. The lowest BCUT2D eigenvalue weighted by molar-refractivity contribution is 0.0907. The summed E-state index contributed by atoms with van der Waals surface area (Å²) in [7, 11) is 1.67. The van der Waals surface area contributed by atoms with Crippen molar-refractivity contribution in [3.8, 4) is 22.8 Å². The van der Waals surface area contributed by atoms with Crippen LogP contribution in [0.15, 0.2) is 54.6 Å². The minimum absolute atomic E-state index is 0.129. The summed E-state index contributed by atoms with van der Waals surface area (Å²) in [4.78, 5) is 34.3. The van der Waals surface area contributed by atoms with Crippen molar-refractivity contribution >= 4 is 33.8 Å². The van der Waals surface area contributed by atoms with Gasteiger partial charge in [-0.1, -0.05) is 25.3 Å². The maximum atomic E-state index is 13.9. The molecule has 0 bridgehead atoms. The third-order valence-corrected chi connectivity index (χ3v) is 9.56. The van der Waals surface area contributed by atoms with E-state index in [-0.39, 0.29) is 25.0 Å². The number of hydrogen-bond acceptors (Lipinski definition) is 6. The van der Waals surface area contributed by atoms with Gasteiger partial charge >= 0.3 is 0 Å². The van der Waals surface area contributed by atoms with E-state index < -0.39 is 5.54 Å². The molecule has 5 aromatic rings. The molecule has 3 heterocycles. The number of amides is 2. The molecule has 0 spiro atoms. The molecule has 7 rings (SSSR count). The highest BCUT2D eigenvalue weighted by atomic mass is 16.5. The molecule has 0 unspecified atom stereocenters. The lowest BCUT2D eigenvalue weighted by Crippen LogP contribution is -2.41. The summed E-state index contributed by atoms with van der Waals surface area (Å²) in [5.41, 5.74) is 6.21. The van der Waals surface area contributed by atoms with Gasteiger partial charge in [-0.3, -0.25) is 9.59 Å². The standard InChI is InChI=1S/C37H41N5O5/c1-37(2,36-39-28-14-10-23(19-29(28)40-36)34(44)38-15-17-43)41-35(45)24-9-12-26-30(20-24)42-16-18-47-31-21-25(46-3)11-13-27(31)33(42)32(26)22-7-5-4-6-8-22/h9-14,19-22,43H,4-8,15-18H2,1-3H3,(H,38,44)(H,39,40)(H,41,45). The molecule has 10 heteroatoms. The average Bonchev–Trinajstić information content (AvgIpc) is 3.61. The summed E-state index contributed by atoms with van der Waals surface area (Å²) in [6.07, 6.45) is 6.02. The lowest BCUT2D eigenvalue weighted by atomic mass is 9.81. The van der Waals surface area contributed by atoms with E-state index in [0.717, 1.165) is 35.4 Å². The molecule has 0 saturated heterocycles. The first kappa shape index (κ1) is 30.8. The van der Waals surface area contributed by atoms with Crippen LogP contribution in [0.2, 0.25) is 0 Å². The molecule has 1 fully saturated rings. The highest BCUT2D eigenvalue weighted by molar-refractivity contribution is 6.02. The van der Waals surface area contributed by atoms with Crippen molar-refractivity contribution in [3.05, 3.63) is 77.1 Å². The zero-order valence-electron chi connectivity index (χ0n) is 27.1. The second kappa shape index (κ2) is 12.4. The van der Waals surface area contributed by atoms with Crippen LogP contribution in [0.5, 0.6) is 11.5 Å². The summed E-state index contributed by atoms with van der Waals surface area (Å²) in [5, 5.41) is 16.1. The number of aliphatic hydroxyl groups excluding tert-OH is 1. The Hall–Kier alpha value is -4.83. The molecule has 10 nitrogen and oxygen atoms in total. The van der Waals surface area contributed by atoms with Gasteiger partial charge in [-0.15, -0.1) is 0 Å². The third-order valence-electron chi connectivity index (χ3n) is 9.56. The van der Waals surface area contributed by atoms with Crippen molar-refractivity contribution in [2.45, 2.75) is 64.0 Å². The number of nitrogens with zero attached hydrogens (tertiary/aromatic N) is 2. The predicted molar refractivity (Wildman–Crippen MR) is 181 cm³/mol. The Morgan fingerprint density at radius 3 is 2.62 bits per heavy atom. The van der Waals surface area contributed by atoms with Gasteiger partial charge < -0.3 is 34.8 Å². The van der Waals surface area contributed by atoms with E-state index in [1.54, 1.807) is 25.3 Å². The van der Waals surface area contributed by atoms with Gasteiger partial charge in [0.15, 0.2) is 0 Å². The second-order valence-corrected chi connectivity index (χ2v) is 13.1. The number of methoxy groups -OCH3 is 1.